The fraction of sp³-hybridized carbons (Fsp3) is 0.381. The molecule has 0 atom stereocenters. The van der Waals surface area contributed by atoms with Crippen LogP contribution in [0.25, 0.3) is 11.1 Å². The van der Waals surface area contributed by atoms with Crippen molar-refractivity contribution in [1.29, 1.82) is 0 Å². The minimum absolute atomic E-state index is 0.0682. The van der Waals surface area contributed by atoms with E-state index in [0.29, 0.717) is 43.7 Å². The highest BCUT2D eigenvalue weighted by Gasteiger charge is 2.20. The fourth-order valence-corrected chi connectivity index (χ4v) is 3.26. The van der Waals surface area contributed by atoms with Gasteiger partial charge < -0.3 is 14.4 Å². The zero-order valence-electron chi connectivity index (χ0n) is 15.3. The zero-order valence-corrected chi connectivity index (χ0v) is 16.0. The topological polar surface area (TPSA) is 38.8 Å². The lowest BCUT2D eigenvalue weighted by atomic mass is 9.99. The molecule has 26 heavy (non-hydrogen) atoms. The lowest BCUT2D eigenvalue weighted by Crippen LogP contribution is -2.40. The maximum absolute atomic E-state index is 12.7. The molecule has 2 aromatic rings. The summed E-state index contributed by atoms with van der Waals surface area (Å²) in [6, 6.07) is 11.7. The molecule has 0 N–H and O–H groups in total. The molecule has 1 aliphatic rings. The van der Waals surface area contributed by atoms with Crippen molar-refractivity contribution >= 4 is 17.5 Å². The molecule has 1 saturated heterocycles. The predicted octanol–water partition coefficient (Wildman–Crippen LogP) is 4.58. The highest BCUT2D eigenvalue weighted by Crippen LogP contribution is 2.31. The summed E-state index contributed by atoms with van der Waals surface area (Å²) in [4.78, 5) is 14.5. The van der Waals surface area contributed by atoms with Crippen molar-refractivity contribution in [2.75, 3.05) is 32.9 Å². The number of nitrogens with zero attached hydrogens (tertiary/aromatic N) is 1. The zero-order chi connectivity index (χ0) is 18.5. The van der Waals surface area contributed by atoms with Crippen molar-refractivity contribution in [2.24, 2.45) is 0 Å². The number of benzene rings is 2. The van der Waals surface area contributed by atoms with E-state index >= 15 is 0 Å². The number of carbonyl (C=O) groups is 1. The molecule has 0 unspecified atom stereocenters. The second kappa shape index (κ2) is 8.56. The predicted molar refractivity (Wildman–Crippen MR) is 104 cm³/mol. The van der Waals surface area contributed by atoms with Crippen LogP contribution in [0.15, 0.2) is 36.4 Å². The smallest absolute Gasteiger partial charge is 0.254 e. The lowest BCUT2D eigenvalue weighted by Gasteiger charge is -2.27. The third kappa shape index (κ3) is 4.19. The Hall–Kier alpha value is -2.04. The molecule has 1 heterocycles. The van der Waals surface area contributed by atoms with E-state index in [4.69, 9.17) is 21.1 Å². The third-order valence-corrected chi connectivity index (χ3v) is 4.78. The summed E-state index contributed by atoms with van der Waals surface area (Å²) in [7, 11) is 0. The largest absolute Gasteiger partial charge is 0.492 e. The van der Waals surface area contributed by atoms with Crippen LogP contribution in [0.4, 0.5) is 0 Å². The second-order valence-electron chi connectivity index (χ2n) is 6.43. The Kier molecular flexibility index (Phi) is 6.17. The Morgan fingerprint density at radius 3 is 2.50 bits per heavy atom. The number of ether oxygens (including phenoxy) is 2. The molecule has 138 valence electrons. The Bertz CT molecular complexity index is 785. The monoisotopic (exact) mass is 373 g/mol. The molecule has 1 aliphatic heterocycles. The van der Waals surface area contributed by atoms with E-state index < -0.39 is 0 Å². The van der Waals surface area contributed by atoms with Crippen LogP contribution in [0.3, 0.4) is 0 Å². The molecule has 0 spiro atoms. The minimum Gasteiger partial charge on any atom is -0.492 e. The molecule has 1 fully saturated rings. The summed E-state index contributed by atoms with van der Waals surface area (Å²) in [6.45, 7) is 7.18. The summed E-state index contributed by atoms with van der Waals surface area (Å²) in [5.41, 5.74) is 3.74. The first kappa shape index (κ1) is 18.7. The molecule has 4 nitrogen and oxygen atoms in total. The van der Waals surface area contributed by atoms with Gasteiger partial charge in [-0.25, -0.2) is 0 Å². The van der Waals surface area contributed by atoms with E-state index in [2.05, 4.69) is 6.92 Å². The van der Waals surface area contributed by atoms with E-state index in [0.717, 1.165) is 28.7 Å². The van der Waals surface area contributed by atoms with E-state index in [-0.39, 0.29) is 5.91 Å². The van der Waals surface area contributed by atoms with Crippen LogP contribution < -0.4 is 4.74 Å². The van der Waals surface area contributed by atoms with E-state index in [1.54, 1.807) is 0 Å². The van der Waals surface area contributed by atoms with Gasteiger partial charge in [-0.15, -0.1) is 0 Å². The van der Waals surface area contributed by atoms with Gasteiger partial charge in [-0.1, -0.05) is 36.7 Å². The molecular weight excluding hydrogens is 350 g/mol. The third-order valence-electron chi connectivity index (χ3n) is 4.48. The Balaban J connectivity index is 1.80. The van der Waals surface area contributed by atoms with Gasteiger partial charge in [0, 0.05) is 18.7 Å². The molecule has 2 aromatic carbocycles. The highest BCUT2D eigenvalue weighted by atomic mass is 35.5. The van der Waals surface area contributed by atoms with Crippen molar-refractivity contribution in [3.8, 4) is 16.9 Å². The van der Waals surface area contributed by atoms with Gasteiger partial charge in [-0.3, -0.25) is 4.79 Å². The first-order valence-electron chi connectivity index (χ1n) is 9.00. The SMILES string of the molecule is CCCOc1ccc(-c2ccc(C(=O)N3CCOCC3)c(C)c2)cc1Cl. The van der Waals surface area contributed by atoms with Crippen LogP contribution >= 0.6 is 11.6 Å². The van der Waals surface area contributed by atoms with Crippen LogP contribution in [-0.2, 0) is 4.74 Å². The summed E-state index contributed by atoms with van der Waals surface area (Å²) >= 11 is 6.34. The molecule has 0 radical (unpaired) electrons. The minimum atomic E-state index is 0.0682. The number of hydrogen-bond donors (Lipinski definition) is 0. The Morgan fingerprint density at radius 1 is 1.15 bits per heavy atom. The molecule has 0 bridgehead atoms. The van der Waals surface area contributed by atoms with Crippen molar-refractivity contribution in [2.45, 2.75) is 20.3 Å². The Labute approximate surface area is 159 Å². The Morgan fingerprint density at radius 2 is 1.85 bits per heavy atom. The van der Waals surface area contributed by atoms with E-state index in [9.17, 15) is 4.79 Å². The molecule has 0 aromatic heterocycles. The first-order valence-corrected chi connectivity index (χ1v) is 9.38. The molecule has 5 heteroatoms. The molecule has 0 aliphatic carbocycles. The average molecular weight is 374 g/mol. The molecule has 1 amide bonds. The van der Waals surface area contributed by atoms with Gasteiger partial charge in [0.1, 0.15) is 5.75 Å². The number of halogens is 1. The number of hydrogen-bond acceptors (Lipinski definition) is 3. The van der Waals surface area contributed by atoms with Crippen LogP contribution in [0.5, 0.6) is 5.75 Å². The number of aryl methyl sites for hydroxylation is 1. The van der Waals surface area contributed by atoms with Crippen molar-refractivity contribution in [1.82, 2.24) is 4.90 Å². The normalized spacial score (nSPS) is 14.3. The standard InChI is InChI=1S/C21H24ClNO3/c1-3-10-26-20-7-5-17(14-19(20)22)16-4-6-18(15(2)13-16)21(24)23-8-11-25-12-9-23/h4-7,13-14H,3,8-12H2,1-2H3. The maximum Gasteiger partial charge on any atom is 0.254 e. The molecule has 0 saturated carbocycles. The number of rotatable bonds is 5. The van der Waals surface area contributed by atoms with Gasteiger partial charge in [0.05, 0.1) is 24.8 Å². The molecule has 3 rings (SSSR count). The number of carbonyl (C=O) groups excluding carboxylic acids is 1. The quantitative estimate of drug-likeness (QED) is 0.770. The average Bonchev–Trinajstić information content (AvgIpc) is 2.67. The van der Waals surface area contributed by atoms with Crippen LogP contribution in [-0.4, -0.2) is 43.7 Å². The van der Waals surface area contributed by atoms with Crippen molar-refractivity contribution in [3.63, 3.8) is 0 Å². The second-order valence-corrected chi connectivity index (χ2v) is 6.84. The lowest BCUT2D eigenvalue weighted by molar-refractivity contribution is 0.0302. The number of amides is 1. The summed E-state index contributed by atoms with van der Waals surface area (Å²) in [6.07, 6.45) is 0.940. The first-order chi connectivity index (χ1) is 12.6. The van der Waals surface area contributed by atoms with Gasteiger partial charge in [0.25, 0.3) is 5.91 Å². The van der Waals surface area contributed by atoms with Crippen LogP contribution in [0, 0.1) is 6.92 Å². The van der Waals surface area contributed by atoms with Crippen molar-refractivity contribution < 1.29 is 14.3 Å². The summed E-state index contributed by atoms with van der Waals surface area (Å²) < 4.78 is 10.9. The van der Waals surface area contributed by atoms with Crippen molar-refractivity contribution in [3.05, 3.63) is 52.5 Å². The molecular formula is C21H24ClNO3. The fourth-order valence-electron chi connectivity index (χ4n) is 3.03. The summed E-state index contributed by atoms with van der Waals surface area (Å²) in [5, 5.41) is 0.599. The summed E-state index contributed by atoms with van der Waals surface area (Å²) in [5.74, 6) is 0.770. The van der Waals surface area contributed by atoms with Gasteiger partial charge >= 0.3 is 0 Å². The van der Waals surface area contributed by atoms with Gasteiger partial charge in [0.2, 0.25) is 0 Å². The van der Waals surface area contributed by atoms with E-state index in [1.807, 2.05) is 48.2 Å². The maximum atomic E-state index is 12.7. The van der Waals surface area contributed by atoms with Gasteiger partial charge in [0.15, 0.2) is 0 Å². The number of morpholine rings is 1. The van der Waals surface area contributed by atoms with Gasteiger partial charge in [-0.2, -0.15) is 0 Å². The highest BCUT2D eigenvalue weighted by molar-refractivity contribution is 6.32. The van der Waals surface area contributed by atoms with Crippen LogP contribution in [0.2, 0.25) is 5.02 Å². The van der Waals surface area contributed by atoms with Crippen LogP contribution in [0.1, 0.15) is 29.3 Å². The van der Waals surface area contributed by atoms with Gasteiger partial charge in [-0.05, 0) is 48.2 Å². The van der Waals surface area contributed by atoms with E-state index in [1.165, 1.54) is 0 Å².